The quantitative estimate of drug-likeness (QED) is 0.582. The smallest absolute Gasteiger partial charge is 0.263 e. The van der Waals surface area contributed by atoms with Crippen molar-refractivity contribution in [3.63, 3.8) is 0 Å². The van der Waals surface area contributed by atoms with Gasteiger partial charge in [0, 0.05) is 12.4 Å². The second kappa shape index (κ2) is 9.18. The fraction of sp³-hybridized carbons (Fsp3) is 0.348. The van der Waals surface area contributed by atoms with E-state index in [-0.39, 0.29) is 17.5 Å². The zero-order chi connectivity index (χ0) is 19.9. The lowest BCUT2D eigenvalue weighted by molar-refractivity contribution is -0.117. The van der Waals surface area contributed by atoms with Crippen molar-refractivity contribution >= 4 is 11.7 Å². The number of carbonyl (C=O) groups is 1. The van der Waals surface area contributed by atoms with Gasteiger partial charge in [0.2, 0.25) is 0 Å². The van der Waals surface area contributed by atoms with Crippen LogP contribution >= 0.6 is 0 Å². The van der Waals surface area contributed by atoms with Crippen molar-refractivity contribution in [2.45, 2.75) is 52.0 Å². The van der Waals surface area contributed by atoms with Crippen molar-refractivity contribution in [3.8, 4) is 6.07 Å². The van der Waals surface area contributed by atoms with E-state index in [4.69, 9.17) is 0 Å². The minimum Gasteiger partial charge on any atom is -0.345 e. The molecule has 1 heterocycles. The highest BCUT2D eigenvalue weighted by Gasteiger charge is 2.18. The van der Waals surface area contributed by atoms with Gasteiger partial charge in [0.1, 0.15) is 17.5 Å². The summed E-state index contributed by atoms with van der Waals surface area (Å²) >= 11 is 0. The number of anilines is 1. The van der Waals surface area contributed by atoms with Crippen LogP contribution in [0.25, 0.3) is 0 Å². The van der Waals surface area contributed by atoms with E-state index in [1.54, 1.807) is 12.3 Å². The molecule has 1 unspecified atom stereocenters. The molecule has 0 saturated heterocycles. The highest BCUT2D eigenvalue weighted by molar-refractivity contribution is 5.97. The Bertz CT molecular complexity index is 909. The number of nitriles is 1. The van der Waals surface area contributed by atoms with Gasteiger partial charge in [-0.1, -0.05) is 31.2 Å². The van der Waals surface area contributed by atoms with Crippen molar-refractivity contribution in [2.75, 3.05) is 5.32 Å². The van der Waals surface area contributed by atoms with Gasteiger partial charge in [-0.3, -0.25) is 4.79 Å². The van der Waals surface area contributed by atoms with Crippen molar-refractivity contribution in [3.05, 3.63) is 70.6 Å². The van der Waals surface area contributed by atoms with E-state index < -0.39 is 0 Å². The molecule has 1 atom stereocenters. The lowest BCUT2D eigenvalue weighted by Crippen LogP contribution is -2.29. The molecule has 5 heteroatoms. The van der Waals surface area contributed by atoms with Crippen LogP contribution in [0.3, 0.4) is 0 Å². The Morgan fingerprint density at radius 1 is 1.25 bits per heavy atom. The first kappa shape index (κ1) is 19.6. The SMILES string of the molecule is CCC(NC(=O)/C(C#N)=C\Nc1ccc(C)cn1)c1ccc2c(c1)CCCC2. The average Bonchev–Trinajstić information content (AvgIpc) is 2.73. The zero-order valence-electron chi connectivity index (χ0n) is 16.5. The normalized spacial score (nSPS) is 14.5. The third-order valence-electron chi connectivity index (χ3n) is 5.13. The molecule has 0 saturated carbocycles. The van der Waals surface area contributed by atoms with Crippen LogP contribution in [-0.4, -0.2) is 10.9 Å². The van der Waals surface area contributed by atoms with Gasteiger partial charge >= 0.3 is 0 Å². The molecule has 5 nitrogen and oxygen atoms in total. The molecular formula is C23H26N4O. The number of pyridine rings is 1. The summed E-state index contributed by atoms with van der Waals surface area (Å²) in [6, 6.07) is 12.1. The molecule has 144 valence electrons. The molecule has 3 rings (SSSR count). The van der Waals surface area contributed by atoms with Crippen LogP contribution in [0.2, 0.25) is 0 Å². The van der Waals surface area contributed by atoms with Gasteiger partial charge in [-0.2, -0.15) is 5.26 Å². The number of rotatable bonds is 6. The molecule has 28 heavy (non-hydrogen) atoms. The molecule has 0 aliphatic heterocycles. The van der Waals surface area contributed by atoms with Gasteiger partial charge in [0.25, 0.3) is 5.91 Å². The number of nitrogens with one attached hydrogen (secondary N) is 2. The van der Waals surface area contributed by atoms with E-state index in [1.165, 1.54) is 30.2 Å². The van der Waals surface area contributed by atoms with Crippen LogP contribution in [0.15, 0.2) is 48.3 Å². The molecule has 1 aliphatic rings. The molecule has 0 fully saturated rings. The predicted molar refractivity (Wildman–Crippen MR) is 111 cm³/mol. The van der Waals surface area contributed by atoms with Gasteiger partial charge in [0.15, 0.2) is 0 Å². The lowest BCUT2D eigenvalue weighted by Gasteiger charge is -2.21. The summed E-state index contributed by atoms with van der Waals surface area (Å²) in [5.74, 6) is 0.208. The number of aryl methyl sites for hydroxylation is 3. The number of amides is 1. The van der Waals surface area contributed by atoms with Gasteiger partial charge in [-0.25, -0.2) is 4.98 Å². The van der Waals surface area contributed by atoms with E-state index in [1.807, 2.05) is 26.0 Å². The molecule has 0 spiro atoms. The van der Waals surface area contributed by atoms with Crippen molar-refractivity contribution in [1.29, 1.82) is 5.26 Å². The molecular weight excluding hydrogens is 348 g/mol. The maximum Gasteiger partial charge on any atom is 0.263 e. The Labute approximate surface area is 166 Å². The Morgan fingerprint density at radius 2 is 2.04 bits per heavy atom. The number of hydrogen-bond acceptors (Lipinski definition) is 4. The van der Waals surface area contributed by atoms with Gasteiger partial charge in [-0.15, -0.1) is 0 Å². The molecule has 2 N–H and O–H groups in total. The highest BCUT2D eigenvalue weighted by Crippen LogP contribution is 2.26. The third-order valence-corrected chi connectivity index (χ3v) is 5.13. The molecule has 1 aromatic carbocycles. The molecule has 0 bridgehead atoms. The largest absolute Gasteiger partial charge is 0.345 e. The van der Waals surface area contributed by atoms with Crippen LogP contribution < -0.4 is 10.6 Å². The van der Waals surface area contributed by atoms with Crippen molar-refractivity contribution in [1.82, 2.24) is 10.3 Å². The summed E-state index contributed by atoms with van der Waals surface area (Å²) in [6.07, 6.45) is 8.61. The Morgan fingerprint density at radius 3 is 2.71 bits per heavy atom. The summed E-state index contributed by atoms with van der Waals surface area (Å²) in [6.45, 7) is 3.99. The first-order chi connectivity index (χ1) is 13.6. The average molecular weight is 374 g/mol. The van der Waals surface area contributed by atoms with E-state index in [9.17, 15) is 10.1 Å². The first-order valence-corrected chi connectivity index (χ1v) is 9.82. The van der Waals surface area contributed by atoms with E-state index in [0.717, 1.165) is 30.4 Å². The zero-order valence-corrected chi connectivity index (χ0v) is 16.5. The predicted octanol–water partition coefficient (Wildman–Crippen LogP) is 4.36. The van der Waals surface area contributed by atoms with Gasteiger partial charge in [0.05, 0.1) is 6.04 Å². The summed E-state index contributed by atoms with van der Waals surface area (Å²) in [5.41, 5.74) is 4.98. The summed E-state index contributed by atoms with van der Waals surface area (Å²) in [7, 11) is 0. The fourth-order valence-corrected chi connectivity index (χ4v) is 3.48. The summed E-state index contributed by atoms with van der Waals surface area (Å²) < 4.78 is 0. The minimum atomic E-state index is -0.383. The topological polar surface area (TPSA) is 77.8 Å². The van der Waals surface area contributed by atoms with Crippen LogP contribution in [-0.2, 0) is 17.6 Å². The monoisotopic (exact) mass is 374 g/mol. The molecule has 1 aliphatic carbocycles. The first-order valence-electron chi connectivity index (χ1n) is 9.82. The maximum atomic E-state index is 12.6. The molecule has 2 aromatic rings. The molecule has 1 aromatic heterocycles. The summed E-state index contributed by atoms with van der Waals surface area (Å²) in [5, 5.41) is 15.3. The van der Waals surface area contributed by atoms with Crippen LogP contribution in [0.5, 0.6) is 0 Å². The van der Waals surface area contributed by atoms with Crippen LogP contribution in [0.1, 0.15) is 54.5 Å². The third kappa shape index (κ3) is 4.77. The minimum absolute atomic E-state index is 0.0267. The Kier molecular flexibility index (Phi) is 6.44. The number of hydrogen-bond donors (Lipinski definition) is 2. The number of aromatic nitrogens is 1. The number of benzene rings is 1. The van der Waals surface area contributed by atoms with Crippen molar-refractivity contribution in [2.24, 2.45) is 0 Å². The molecule has 0 radical (unpaired) electrons. The van der Waals surface area contributed by atoms with Crippen LogP contribution in [0.4, 0.5) is 5.82 Å². The van der Waals surface area contributed by atoms with E-state index >= 15 is 0 Å². The standard InChI is InChI=1S/C23H26N4O/c1-3-21(19-10-9-17-6-4-5-7-18(17)12-19)27-23(28)20(13-24)15-26-22-11-8-16(2)14-25-22/h8-12,14-15,21H,3-7H2,1-2H3,(H,25,26)(H,27,28)/b20-15-. The van der Waals surface area contributed by atoms with Crippen LogP contribution in [0, 0.1) is 18.3 Å². The number of carbonyl (C=O) groups excluding carboxylic acids is 1. The van der Waals surface area contributed by atoms with Gasteiger partial charge < -0.3 is 10.6 Å². The van der Waals surface area contributed by atoms with E-state index in [2.05, 4.69) is 33.8 Å². The Hall–Kier alpha value is -3.13. The second-order valence-electron chi connectivity index (χ2n) is 7.20. The Balaban J connectivity index is 1.70. The fourth-order valence-electron chi connectivity index (χ4n) is 3.48. The lowest BCUT2D eigenvalue weighted by atomic mass is 9.88. The molecule has 1 amide bonds. The maximum absolute atomic E-state index is 12.6. The number of nitrogens with zero attached hydrogens (tertiary/aromatic N) is 2. The van der Waals surface area contributed by atoms with Crippen molar-refractivity contribution < 1.29 is 4.79 Å². The highest BCUT2D eigenvalue weighted by atomic mass is 16.1. The van der Waals surface area contributed by atoms with E-state index in [0.29, 0.717) is 5.82 Å². The number of fused-ring (bicyclic) bond motifs is 1. The summed E-state index contributed by atoms with van der Waals surface area (Å²) in [4.78, 5) is 16.8. The van der Waals surface area contributed by atoms with Gasteiger partial charge in [-0.05, 0) is 67.3 Å². The second-order valence-corrected chi connectivity index (χ2v) is 7.20.